The summed E-state index contributed by atoms with van der Waals surface area (Å²) in [6, 6.07) is 10.3. The summed E-state index contributed by atoms with van der Waals surface area (Å²) < 4.78 is 35.6. The second-order valence-electron chi connectivity index (χ2n) is 10.4. The molecule has 2 aliphatic rings. The van der Waals surface area contributed by atoms with Crippen molar-refractivity contribution < 1.29 is 28.2 Å². The van der Waals surface area contributed by atoms with Crippen LogP contribution < -0.4 is 15.5 Å². The Hall–Kier alpha value is -4.31. The number of hydrogen-bond donors (Lipinski definition) is 2. The summed E-state index contributed by atoms with van der Waals surface area (Å²) in [6.45, 7) is 4.47. The lowest BCUT2D eigenvalue weighted by Crippen LogP contribution is -2.52. The average molecular weight is 550 g/mol. The standard InChI is InChI=1S/C30H29F2N3O5/c1-17-11-12-30(3,39)23-15-34(17)29(38)25-27(40-16-19-7-5-4-6-8-19)26(36)21(14-35(23)25)28(37)33-13-20-9-10-22(31)18(2)24(20)32/h4-12,14,17,23,39H,13,15-16H2,1-3H3,(H,33,37). The molecule has 208 valence electrons. The highest BCUT2D eigenvalue weighted by Gasteiger charge is 2.45. The van der Waals surface area contributed by atoms with Gasteiger partial charge in [-0.15, -0.1) is 0 Å². The molecule has 40 heavy (non-hydrogen) atoms. The van der Waals surface area contributed by atoms with Gasteiger partial charge in [-0.3, -0.25) is 14.4 Å². The lowest BCUT2D eigenvalue weighted by molar-refractivity contribution is 0.0202. The SMILES string of the molecule is Cc1c(F)ccc(CNC(=O)c2cn3c(c(OCc4ccccc4)c2=O)C(=O)N2CC3C(C)(O)C=CC2C)c1F. The Morgan fingerprint density at radius 1 is 1.18 bits per heavy atom. The first-order valence-electron chi connectivity index (χ1n) is 12.9. The summed E-state index contributed by atoms with van der Waals surface area (Å²) in [5.41, 5.74) is -2.05. The number of aliphatic hydroxyl groups is 1. The molecule has 2 N–H and O–H groups in total. The Kier molecular flexibility index (Phi) is 7.05. The summed E-state index contributed by atoms with van der Waals surface area (Å²) in [5.74, 6) is -3.13. The van der Waals surface area contributed by atoms with E-state index in [0.717, 1.165) is 11.6 Å². The molecule has 10 heteroatoms. The Morgan fingerprint density at radius 3 is 2.62 bits per heavy atom. The average Bonchev–Trinajstić information content (AvgIpc) is 3.04. The first-order valence-corrected chi connectivity index (χ1v) is 12.9. The quantitative estimate of drug-likeness (QED) is 0.458. The van der Waals surface area contributed by atoms with Gasteiger partial charge in [0.1, 0.15) is 29.4 Å². The molecule has 5 rings (SSSR count). The molecule has 3 aromatic rings. The number of carbonyl (C=O) groups excluding carboxylic acids is 2. The van der Waals surface area contributed by atoms with E-state index in [-0.39, 0.29) is 53.9 Å². The number of ether oxygens (including phenoxy) is 1. The molecule has 1 aromatic heterocycles. The third-order valence-corrected chi connectivity index (χ3v) is 7.55. The fourth-order valence-corrected chi connectivity index (χ4v) is 5.07. The zero-order valence-electron chi connectivity index (χ0n) is 22.3. The molecule has 2 amide bonds. The molecule has 3 atom stereocenters. The van der Waals surface area contributed by atoms with E-state index < -0.39 is 40.5 Å². The number of amides is 2. The Labute approximate surface area is 229 Å². The predicted molar refractivity (Wildman–Crippen MR) is 143 cm³/mol. The van der Waals surface area contributed by atoms with Crippen LogP contribution in [0, 0.1) is 18.6 Å². The maximum Gasteiger partial charge on any atom is 0.275 e. The smallest absolute Gasteiger partial charge is 0.275 e. The van der Waals surface area contributed by atoms with Crippen LogP contribution in [0.4, 0.5) is 8.78 Å². The van der Waals surface area contributed by atoms with Crippen molar-refractivity contribution >= 4 is 11.8 Å². The van der Waals surface area contributed by atoms with Gasteiger partial charge in [-0.1, -0.05) is 48.6 Å². The molecule has 0 saturated carbocycles. The van der Waals surface area contributed by atoms with Crippen LogP contribution in [0.1, 0.15) is 57.4 Å². The van der Waals surface area contributed by atoms with E-state index in [9.17, 15) is 28.3 Å². The largest absolute Gasteiger partial charge is 0.483 e. The second kappa shape index (κ2) is 10.3. The van der Waals surface area contributed by atoms with Gasteiger partial charge in [0.05, 0.1) is 6.04 Å². The summed E-state index contributed by atoms with van der Waals surface area (Å²) in [7, 11) is 0. The summed E-state index contributed by atoms with van der Waals surface area (Å²) in [6.07, 6.45) is 4.57. The number of pyridine rings is 1. The van der Waals surface area contributed by atoms with Gasteiger partial charge < -0.3 is 24.6 Å². The topological polar surface area (TPSA) is 101 Å². The molecule has 0 fully saturated rings. The van der Waals surface area contributed by atoms with E-state index in [1.165, 1.54) is 23.8 Å². The molecular formula is C30H29F2N3O5. The van der Waals surface area contributed by atoms with Gasteiger partial charge in [-0.2, -0.15) is 0 Å². The fourth-order valence-electron chi connectivity index (χ4n) is 5.07. The van der Waals surface area contributed by atoms with E-state index in [4.69, 9.17) is 4.74 Å². The third kappa shape index (κ3) is 4.79. The van der Waals surface area contributed by atoms with Gasteiger partial charge in [0, 0.05) is 36.5 Å². The molecule has 2 bridgehead atoms. The normalized spacial score (nSPS) is 21.6. The molecular weight excluding hydrogens is 520 g/mol. The fraction of sp³-hybridized carbons (Fsp3) is 0.300. The molecule has 0 aliphatic carbocycles. The van der Waals surface area contributed by atoms with Gasteiger partial charge in [-0.25, -0.2) is 8.78 Å². The zero-order chi connectivity index (χ0) is 28.8. The van der Waals surface area contributed by atoms with Crippen molar-refractivity contribution in [3.05, 3.63) is 111 Å². The van der Waals surface area contributed by atoms with Gasteiger partial charge in [-0.05, 0) is 32.4 Å². The molecule has 2 aromatic carbocycles. The maximum absolute atomic E-state index is 14.5. The van der Waals surface area contributed by atoms with Crippen LogP contribution in [0.5, 0.6) is 5.75 Å². The molecule has 0 radical (unpaired) electrons. The third-order valence-electron chi connectivity index (χ3n) is 7.55. The lowest BCUT2D eigenvalue weighted by Gasteiger charge is -2.41. The van der Waals surface area contributed by atoms with Crippen molar-refractivity contribution in [2.24, 2.45) is 0 Å². The van der Waals surface area contributed by atoms with Crippen LogP contribution in [-0.2, 0) is 13.2 Å². The minimum Gasteiger partial charge on any atom is -0.483 e. The molecule has 3 heterocycles. The molecule has 3 unspecified atom stereocenters. The van der Waals surface area contributed by atoms with Crippen LogP contribution in [0.15, 0.2) is 65.6 Å². The molecule has 2 aliphatic heterocycles. The Bertz CT molecular complexity index is 1580. The molecule has 0 saturated heterocycles. The summed E-state index contributed by atoms with van der Waals surface area (Å²) in [5, 5.41) is 13.8. The van der Waals surface area contributed by atoms with Crippen LogP contribution in [0.25, 0.3) is 0 Å². The van der Waals surface area contributed by atoms with E-state index >= 15 is 0 Å². The Balaban J connectivity index is 1.59. The predicted octanol–water partition coefficient (Wildman–Crippen LogP) is 3.65. The molecule has 8 nitrogen and oxygen atoms in total. The number of nitrogens with one attached hydrogen (secondary N) is 1. The first kappa shape index (κ1) is 27.3. The maximum atomic E-state index is 14.5. The minimum absolute atomic E-state index is 0.0440. The zero-order valence-corrected chi connectivity index (χ0v) is 22.3. The van der Waals surface area contributed by atoms with Gasteiger partial charge in [0.2, 0.25) is 5.43 Å². The number of fused-ring (bicyclic) bond motifs is 4. The number of aromatic nitrogens is 1. The number of nitrogens with zero attached hydrogens (tertiary/aromatic N) is 2. The Morgan fingerprint density at radius 2 is 1.90 bits per heavy atom. The van der Waals surface area contributed by atoms with E-state index in [2.05, 4.69) is 5.32 Å². The van der Waals surface area contributed by atoms with Crippen molar-refractivity contribution in [1.82, 2.24) is 14.8 Å². The van der Waals surface area contributed by atoms with Crippen LogP contribution in [-0.4, -0.2) is 44.6 Å². The van der Waals surface area contributed by atoms with Crippen molar-refractivity contribution in [3.63, 3.8) is 0 Å². The highest BCUT2D eigenvalue weighted by molar-refractivity contribution is 5.99. The van der Waals surface area contributed by atoms with Gasteiger partial charge >= 0.3 is 0 Å². The summed E-state index contributed by atoms with van der Waals surface area (Å²) in [4.78, 5) is 42.2. The van der Waals surface area contributed by atoms with Gasteiger partial charge in [0.15, 0.2) is 11.4 Å². The van der Waals surface area contributed by atoms with E-state index in [1.807, 2.05) is 13.0 Å². The molecule has 0 spiro atoms. The van der Waals surface area contributed by atoms with Crippen molar-refractivity contribution in [1.29, 1.82) is 0 Å². The minimum atomic E-state index is -1.42. The number of carbonyl (C=O) groups is 2. The number of hydrogen-bond acceptors (Lipinski definition) is 5. The second-order valence-corrected chi connectivity index (χ2v) is 10.4. The number of benzene rings is 2. The van der Waals surface area contributed by atoms with E-state index in [0.29, 0.717) is 0 Å². The van der Waals surface area contributed by atoms with Crippen molar-refractivity contribution in [3.8, 4) is 5.75 Å². The number of halogens is 2. The highest BCUT2D eigenvalue weighted by atomic mass is 19.1. The summed E-state index contributed by atoms with van der Waals surface area (Å²) >= 11 is 0. The highest BCUT2D eigenvalue weighted by Crippen LogP contribution is 2.37. The van der Waals surface area contributed by atoms with Crippen LogP contribution in [0.3, 0.4) is 0 Å². The number of rotatable bonds is 6. The van der Waals surface area contributed by atoms with Crippen LogP contribution in [0.2, 0.25) is 0 Å². The van der Waals surface area contributed by atoms with Crippen molar-refractivity contribution in [2.75, 3.05) is 6.54 Å². The monoisotopic (exact) mass is 549 g/mol. The van der Waals surface area contributed by atoms with E-state index in [1.54, 1.807) is 48.2 Å². The first-order chi connectivity index (χ1) is 19.0. The van der Waals surface area contributed by atoms with Crippen molar-refractivity contribution in [2.45, 2.75) is 51.6 Å². The van der Waals surface area contributed by atoms with Crippen LogP contribution >= 0.6 is 0 Å². The van der Waals surface area contributed by atoms with Gasteiger partial charge in [0.25, 0.3) is 11.8 Å². The lowest BCUT2D eigenvalue weighted by atomic mass is 9.93.